The van der Waals surface area contributed by atoms with Gasteiger partial charge in [-0.2, -0.15) is 0 Å². The first-order valence-corrected chi connectivity index (χ1v) is 3.76. The van der Waals surface area contributed by atoms with Gasteiger partial charge in [0.25, 0.3) is 0 Å². The van der Waals surface area contributed by atoms with E-state index in [1.165, 1.54) is 18.3 Å². The quantitative estimate of drug-likeness (QED) is 0.666. The average molecular weight is 178 g/mol. The number of nitrogens with one attached hydrogen (secondary N) is 1. The van der Waals surface area contributed by atoms with Crippen molar-refractivity contribution in [2.45, 2.75) is 6.54 Å². The fourth-order valence-corrected chi connectivity index (χ4v) is 0.832. The Morgan fingerprint density at radius 2 is 2.54 bits per heavy atom. The van der Waals surface area contributed by atoms with Crippen LogP contribution in [-0.2, 0) is 11.3 Å². The molecule has 1 amide bonds. The van der Waals surface area contributed by atoms with Crippen LogP contribution in [0, 0.1) is 0 Å². The molecule has 0 saturated carbocycles. The summed E-state index contributed by atoms with van der Waals surface area (Å²) in [6, 6.07) is 3.20. The van der Waals surface area contributed by atoms with E-state index in [1.807, 2.05) is 0 Å². The highest BCUT2D eigenvalue weighted by Gasteiger charge is 1.96. The van der Waals surface area contributed by atoms with Gasteiger partial charge in [-0.3, -0.25) is 4.79 Å². The summed E-state index contributed by atoms with van der Waals surface area (Å²) >= 11 is 0. The zero-order valence-corrected chi connectivity index (χ0v) is 7.03. The molecule has 1 aromatic heterocycles. The first-order chi connectivity index (χ1) is 6.22. The van der Waals surface area contributed by atoms with Gasteiger partial charge in [0, 0.05) is 18.8 Å². The Balaban J connectivity index is 2.54. The van der Waals surface area contributed by atoms with E-state index in [9.17, 15) is 4.79 Å². The predicted molar refractivity (Wildman–Crippen MR) is 47.9 cm³/mol. The third-order valence-electron chi connectivity index (χ3n) is 1.46. The first-order valence-electron chi connectivity index (χ1n) is 3.76. The van der Waals surface area contributed by atoms with E-state index < -0.39 is 0 Å². The van der Waals surface area contributed by atoms with Gasteiger partial charge >= 0.3 is 0 Å². The maximum atomic E-state index is 10.8. The molecule has 4 heteroatoms. The van der Waals surface area contributed by atoms with E-state index >= 15 is 0 Å². The molecule has 0 unspecified atom stereocenters. The van der Waals surface area contributed by atoms with Gasteiger partial charge in [-0.1, -0.05) is 6.58 Å². The van der Waals surface area contributed by atoms with Gasteiger partial charge in [0.05, 0.1) is 0 Å². The molecule has 0 aliphatic carbocycles. The van der Waals surface area contributed by atoms with Crippen molar-refractivity contribution < 1.29 is 9.90 Å². The molecule has 4 nitrogen and oxygen atoms in total. The summed E-state index contributed by atoms with van der Waals surface area (Å²) in [5, 5.41) is 11.6. The summed E-state index contributed by atoms with van der Waals surface area (Å²) in [6.07, 6.45) is 2.67. The summed E-state index contributed by atoms with van der Waals surface area (Å²) in [5.74, 6) is -0.290. The third kappa shape index (κ3) is 2.94. The monoisotopic (exact) mass is 178 g/mol. The first kappa shape index (κ1) is 9.25. The minimum atomic E-state index is -0.240. The van der Waals surface area contributed by atoms with Crippen LogP contribution < -0.4 is 5.32 Å². The van der Waals surface area contributed by atoms with Crippen molar-refractivity contribution in [2.24, 2.45) is 0 Å². The van der Waals surface area contributed by atoms with Crippen molar-refractivity contribution in [3.05, 3.63) is 36.5 Å². The Morgan fingerprint density at radius 3 is 3.15 bits per heavy atom. The van der Waals surface area contributed by atoms with Crippen LogP contribution in [0.2, 0.25) is 0 Å². The van der Waals surface area contributed by atoms with Crippen molar-refractivity contribution in [1.82, 2.24) is 10.3 Å². The van der Waals surface area contributed by atoms with Crippen LogP contribution in [0.5, 0.6) is 5.88 Å². The lowest BCUT2D eigenvalue weighted by atomic mass is 10.2. The zero-order chi connectivity index (χ0) is 9.68. The van der Waals surface area contributed by atoms with Gasteiger partial charge in [0.1, 0.15) is 0 Å². The van der Waals surface area contributed by atoms with Crippen molar-refractivity contribution in [2.75, 3.05) is 0 Å². The molecule has 0 radical (unpaired) electrons. The summed E-state index contributed by atoms with van der Waals surface area (Å²) in [6.45, 7) is 3.68. The maximum absolute atomic E-state index is 10.8. The summed E-state index contributed by atoms with van der Waals surface area (Å²) < 4.78 is 0. The lowest BCUT2D eigenvalue weighted by molar-refractivity contribution is -0.116. The highest BCUT2D eigenvalue weighted by atomic mass is 16.3. The molecule has 0 saturated heterocycles. The molecule has 0 bridgehead atoms. The molecule has 1 heterocycles. The van der Waals surface area contributed by atoms with E-state index in [0.29, 0.717) is 6.54 Å². The predicted octanol–water partition coefficient (Wildman–Crippen LogP) is 0.589. The van der Waals surface area contributed by atoms with Crippen LogP contribution in [0.15, 0.2) is 31.0 Å². The number of nitrogens with zero attached hydrogens (tertiary/aromatic N) is 1. The average Bonchev–Trinajstić information content (AvgIpc) is 2.14. The molecule has 0 fully saturated rings. The van der Waals surface area contributed by atoms with Crippen LogP contribution in [0.4, 0.5) is 0 Å². The molecule has 68 valence electrons. The SMILES string of the molecule is C=CC(=O)NCc1ccnc(O)c1. The molecule has 1 aromatic rings. The fraction of sp³-hybridized carbons (Fsp3) is 0.111. The number of pyridine rings is 1. The molecule has 0 atom stereocenters. The Morgan fingerprint density at radius 1 is 1.77 bits per heavy atom. The zero-order valence-electron chi connectivity index (χ0n) is 7.03. The second-order valence-corrected chi connectivity index (χ2v) is 2.44. The van der Waals surface area contributed by atoms with Gasteiger partial charge in [-0.15, -0.1) is 0 Å². The highest BCUT2D eigenvalue weighted by Crippen LogP contribution is 2.05. The number of aromatic hydroxyl groups is 1. The fourth-order valence-electron chi connectivity index (χ4n) is 0.832. The number of aromatic nitrogens is 1. The molecule has 0 aliphatic rings. The van der Waals surface area contributed by atoms with E-state index in [1.54, 1.807) is 6.07 Å². The van der Waals surface area contributed by atoms with Gasteiger partial charge in [0.15, 0.2) is 0 Å². The number of carbonyl (C=O) groups excluding carboxylic acids is 1. The summed E-state index contributed by atoms with van der Waals surface area (Å²) in [5.41, 5.74) is 0.794. The number of hydrogen-bond donors (Lipinski definition) is 2. The summed E-state index contributed by atoms with van der Waals surface area (Å²) in [4.78, 5) is 14.4. The lowest BCUT2D eigenvalue weighted by Crippen LogP contribution is -2.19. The number of hydrogen-bond acceptors (Lipinski definition) is 3. The molecular weight excluding hydrogens is 168 g/mol. The van der Waals surface area contributed by atoms with Crippen LogP contribution >= 0.6 is 0 Å². The molecule has 0 spiro atoms. The molecule has 0 aromatic carbocycles. The Labute approximate surface area is 75.9 Å². The minimum absolute atomic E-state index is 0.0506. The van der Waals surface area contributed by atoms with Crippen LogP contribution in [0.1, 0.15) is 5.56 Å². The molecule has 2 N–H and O–H groups in total. The number of rotatable bonds is 3. The van der Waals surface area contributed by atoms with E-state index in [2.05, 4.69) is 16.9 Å². The summed E-state index contributed by atoms with van der Waals surface area (Å²) in [7, 11) is 0. The van der Waals surface area contributed by atoms with Crippen molar-refractivity contribution in [3.8, 4) is 5.88 Å². The lowest BCUT2D eigenvalue weighted by Gasteiger charge is -2.01. The van der Waals surface area contributed by atoms with Crippen LogP contribution in [0.25, 0.3) is 0 Å². The van der Waals surface area contributed by atoms with Gasteiger partial charge < -0.3 is 10.4 Å². The standard InChI is InChI=1S/C9H10N2O2/c1-2-8(12)11-6-7-3-4-10-9(13)5-7/h2-5H,1,6H2,(H,10,13)(H,11,12). The van der Waals surface area contributed by atoms with Crippen LogP contribution in [-0.4, -0.2) is 16.0 Å². The van der Waals surface area contributed by atoms with E-state index in [4.69, 9.17) is 5.11 Å². The second kappa shape index (κ2) is 4.25. The van der Waals surface area contributed by atoms with E-state index in [-0.39, 0.29) is 11.8 Å². The van der Waals surface area contributed by atoms with Crippen molar-refractivity contribution in [1.29, 1.82) is 0 Å². The van der Waals surface area contributed by atoms with Gasteiger partial charge in [-0.05, 0) is 17.7 Å². The largest absolute Gasteiger partial charge is 0.493 e. The van der Waals surface area contributed by atoms with Crippen molar-refractivity contribution in [3.63, 3.8) is 0 Å². The molecule has 13 heavy (non-hydrogen) atoms. The van der Waals surface area contributed by atoms with Gasteiger partial charge in [0.2, 0.25) is 11.8 Å². The Hall–Kier alpha value is -1.84. The van der Waals surface area contributed by atoms with Crippen molar-refractivity contribution >= 4 is 5.91 Å². The topological polar surface area (TPSA) is 62.2 Å². The normalized spacial score (nSPS) is 9.23. The number of amides is 1. The Kier molecular flexibility index (Phi) is 3.03. The minimum Gasteiger partial charge on any atom is -0.493 e. The van der Waals surface area contributed by atoms with Gasteiger partial charge in [-0.25, -0.2) is 4.98 Å². The molecule has 0 aliphatic heterocycles. The van der Waals surface area contributed by atoms with Crippen LogP contribution in [0.3, 0.4) is 0 Å². The highest BCUT2D eigenvalue weighted by molar-refractivity contribution is 5.86. The van der Waals surface area contributed by atoms with E-state index in [0.717, 1.165) is 5.56 Å². The Bertz CT molecular complexity index is 323. The smallest absolute Gasteiger partial charge is 0.243 e. The third-order valence-corrected chi connectivity index (χ3v) is 1.46. The number of carbonyl (C=O) groups is 1. The molecular formula is C9H10N2O2. The second-order valence-electron chi connectivity index (χ2n) is 2.44. The molecule has 1 rings (SSSR count). The maximum Gasteiger partial charge on any atom is 0.243 e.